The van der Waals surface area contributed by atoms with Crippen LogP contribution < -0.4 is 5.32 Å². The fourth-order valence-electron chi connectivity index (χ4n) is 3.38. The highest BCUT2D eigenvalue weighted by Gasteiger charge is 2.46. The second-order valence-electron chi connectivity index (χ2n) is 6.52. The lowest BCUT2D eigenvalue weighted by atomic mass is 9.95. The molecule has 0 aliphatic carbocycles. The highest BCUT2D eigenvalue weighted by Crippen LogP contribution is 2.28. The zero-order chi connectivity index (χ0) is 18.1. The van der Waals surface area contributed by atoms with Crippen molar-refractivity contribution in [3.63, 3.8) is 0 Å². The maximum Gasteiger partial charge on any atom is 0.239 e. The molecule has 6 heteroatoms. The fraction of sp³-hybridized carbons (Fsp3) is 0.632. The van der Waals surface area contributed by atoms with Crippen LogP contribution in [0.1, 0.15) is 31.2 Å². The molecule has 1 aliphatic heterocycles. The number of aliphatic hydroxyl groups excluding tert-OH is 2. The molecule has 1 aromatic rings. The standard InChI is InChI=1S/C19H30N2O4/c1-20-19(24)18-16(13-22)17(14-23)25-21(18)12-8-3-2-5-9-15-10-6-4-7-11-15/h4,6-7,10-11,16-18,22-23H,2-3,5,8-9,12-14H2,1H3,(H,20,24)/t16-,17?,18+/m1/s1. The van der Waals surface area contributed by atoms with Crippen molar-refractivity contribution in [3.05, 3.63) is 35.9 Å². The lowest BCUT2D eigenvalue weighted by Gasteiger charge is -2.23. The Morgan fingerprint density at radius 1 is 1.12 bits per heavy atom. The molecule has 1 aliphatic rings. The molecule has 0 radical (unpaired) electrons. The molecule has 0 aromatic heterocycles. The molecule has 3 N–H and O–H groups in total. The van der Waals surface area contributed by atoms with Gasteiger partial charge in [-0.25, -0.2) is 0 Å². The van der Waals surface area contributed by atoms with Crippen LogP contribution in [-0.2, 0) is 16.1 Å². The van der Waals surface area contributed by atoms with E-state index in [4.69, 9.17) is 4.84 Å². The second-order valence-corrected chi connectivity index (χ2v) is 6.52. The summed E-state index contributed by atoms with van der Waals surface area (Å²) < 4.78 is 0. The summed E-state index contributed by atoms with van der Waals surface area (Å²) in [5, 5.41) is 23.2. The number of carbonyl (C=O) groups is 1. The average molecular weight is 350 g/mol. The molecule has 0 spiro atoms. The van der Waals surface area contributed by atoms with Crippen molar-refractivity contribution in [1.82, 2.24) is 10.4 Å². The molecule has 0 bridgehead atoms. The van der Waals surface area contributed by atoms with Gasteiger partial charge in [-0.3, -0.25) is 9.63 Å². The molecule has 1 amide bonds. The Labute approximate surface area is 149 Å². The summed E-state index contributed by atoms with van der Waals surface area (Å²) in [6.45, 7) is 0.236. The van der Waals surface area contributed by atoms with Gasteiger partial charge >= 0.3 is 0 Å². The molecule has 1 heterocycles. The van der Waals surface area contributed by atoms with Crippen molar-refractivity contribution in [1.29, 1.82) is 0 Å². The Morgan fingerprint density at radius 2 is 1.84 bits per heavy atom. The zero-order valence-electron chi connectivity index (χ0n) is 14.9. The summed E-state index contributed by atoms with van der Waals surface area (Å²) in [7, 11) is 1.57. The highest BCUT2D eigenvalue weighted by atomic mass is 16.7. The van der Waals surface area contributed by atoms with Crippen LogP contribution in [-0.4, -0.2) is 60.1 Å². The number of hydrogen-bond acceptors (Lipinski definition) is 5. The second kappa shape index (κ2) is 10.5. The summed E-state index contributed by atoms with van der Waals surface area (Å²) in [4.78, 5) is 17.8. The van der Waals surface area contributed by atoms with Crippen molar-refractivity contribution >= 4 is 5.91 Å². The largest absolute Gasteiger partial charge is 0.396 e. The zero-order valence-corrected chi connectivity index (χ0v) is 14.9. The fourth-order valence-corrected chi connectivity index (χ4v) is 3.38. The molecule has 1 aromatic carbocycles. The Kier molecular flexibility index (Phi) is 8.34. The van der Waals surface area contributed by atoms with E-state index in [1.807, 2.05) is 6.07 Å². The van der Waals surface area contributed by atoms with Crippen molar-refractivity contribution in [3.8, 4) is 0 Å². The van der Waals surface area contributed by atoms with Crippen LogP contribution in [0.15, 0.2) is 30.3 Å². The van der Waals surface area contributed by atoms with E-state index < -0.39 is 18.1 Å². The minimum Gasteiger partial charge on any atom is -0.396 e. The van der Waals surface area contributed by atoms with E-state index in [1.54, 1.807) is 12.1 Å². The SMILES string of the molecule is CNC(=O)[C@@H]1[C@H](CO)C(CO)ON1CCCCCCc1ccccc1. The van der Waals surface area contributed by atoms with Crippen LogP contribution in [0.25, 0.3) is 0 Å². The third-order valence-corrected chi connectivity index (χ3v) is 4.81. The third-order valence-electron chi connectivity index (χ3n) is 4.81. The molecule has 1 saturated heterocycles. The van der Waals surface area contributed by atoms with Gasteiger partial charge in [-0.15, -0.1) is 0 Å². The van der Waals surface area contributed by atoms with Crippen LogP contribution in [0.4, 0.5) is 0 Å². The molecule has 1 fully saturated rings. The van der Waals surface area contributed by atoms with E-state index in [0.29, 0.717) is 6.54 Å². The quantitative estimate of drug-likeness (QED) is 0.551. The van der Waals surface area contributed by atoms with Crippen LogP contribution in [0.2, 0.25) is 0 Å². The van der Waals surface area contributed by atoms with Crippen LogP contribution in [0.3, 0.4) is 0 Å². The Hall–Kier alpha value is -1.47. The first-order valence-corrected chi connectivity index (χ1v) is 9.12. The number of hydrogen-bond donors (Lipinski definition) is 3. The number of likely N-dealkylation sites (N-methyl/N-ethyl adjacent to an activating group) is 1. The van der Waals surface area contributed by atoms with E-state index >= 15 is 0 Å². The highest BCUT2D eigenvalue weighted by molar-refractivity contribution is 5.82. The number of aliphatic hydroxyl groups is 2. The summed E-state index contributed by atoms with van der Waals surface area (Å²) in [6, 6.07) is 9.91. The summed E-state index contributed by atoms with van der Waals surface area (Å²) >= 11 is 0. The lowest BCUT2D eigenvalue weighted by molar-refractivity contribution is -0.176. The molecular weight excluding hydrogens is 320 g/mol. The molecule has 140 valence electrons. The van der Waals surface area contributed by atoms with Gasteiger partial charge < -0.3 is 15.5 Å². The first kappa shape index (κ1) is 19.8. The molecule has 25 heavy (non-hydrogen) atoms. The van der Waals surface area contributed by atoms with E-state index in [2.05, 4.69) is 29.6 Å². The predicted octanol–water partition coefficient (Wildman–Crippen LogP) is 1.12. The first-order valence-electron chi connectivity index (χ1n) is 9.12. The van der Waals surface area contributed by atoms with Gasteiger partial charge in [0, 0.05) is 19.5 Å². The maximum absolute atomic E-state index is 12.1. The van der Waals surface area contributed by atoms with Gasteiger partial charge in [-0.05, 0) is 24.8 Å². The third kappa shape index (κ3) is 5.51. The van der Waals surface area contributed by atoms with Crippen molar-refractivity contribution in [2.75, 3.05) is 26.8 Å². The maximum atomic E-state index is 12.1. The number of nitrogens with zero attached hydrogens (tertiary/aromatic N) is 1. The van der Waals surface area contributed by atoms with Crippen LogP contribution >= 0.6 is 0 Å². The van der Waals surface area contributed by atoms with Gasteiger partial charge in [-0.2, -0.15) is 5.06 Å². The van der Waals surface area contributed by atoms with Crippen molar-refractivity contribution in [2.24, 2.45) is 5.92 Å². The molecule has 6 nitrogen and oxygen atoms in total. The Balaban J connectivity index is 1.73. The van der Waals surface area contributed by atoms with Gasteiger partial charge in [-0.1, -0.05) is 43.2 Å². The summed E-state index contributed by atoms with van der Waals surface area (Å²) in [6.07, 6.45) is 4.80. The number of benzene rings is 1. The number of nitrogens with one attached hydrogen (secondary N) is 1. The smallest absolute Gasteiger partial charge is 0.239 e. The first-order chi connectivity index (χ1) is 12.2. The molecular formula is C19H30N2O4. The van der Waals surface area contributed by atoms with Gasteiger partial charge in [0.25, 0.3) is 0 Å². The van der Waals surface area contributed by atoms with Gasteiger partial charge in [0.2, 0.25) is 5.91 Å². The van der Waals surface area contributed by atoms with E-state index in [0.717, 1.165) is 32.1 Å². The molecule has 1 unspecified atom stereocenters. The number of aryl methyl sites for hydroxylation is 1. The average Bonchev–Trinajstić information content (AvgIpc) is 3.02. The summed E-state index contributed by atoms with van der Waals surface area (Å²) in [5.74, 6) is -0.581. The lowest BCUT2D eigenvalue weighted by Crippen LogP contribution is -2.46. The van der Waals surface area contributed by atoms with E-state index in [1.165, 1.54) is 5.56 Å². The number of carbonyl (C=O) groups excluding carboxylic acids is 1. The number of hydroxylamine groups is 2. The van der Waals surface area contributed by atoms with Gasteiger partial charge in [0.05, 0.1) is 13.2 Å². The molecule has 0 saturated carbocycles. The van der Waals surface area contributed by atoms with E-state index in [-0.39, 0.29) is 19.1 Å². The Morgan fingerprint density at radius 3 is 2.48 bits per heavy atom. The van der Waals surface area contributed by atoms with Crippen molar-refractivity contribution < 1.29 is 19.8 Å². The minimum absolute atomic E-state index is 0.181. The number of rotatable bonds is 10. The number of amides is 1. The summed E-state index contributed by atoms with van der Waals surface area (Å²) in [5.41, 5.74) is 1.36. The minimum atomic E-state index is -0.545. The van der Waals surface area contributed by atoms with Gasteiger partial charge in [0.15, 0.2) is 0 Å². The normalized spacial score (nSPS) is 23.7. The van der Waals surface area contributed by atoms with Crippen molar-refractivity contribution in [2.45, 2.75) is 44.2 Å². The monoisotopic (exact) mass is 350 g/mol. The van der Waals surface area contributed by atoms with Gasteiger partial charge in [0.1, 0.15) is 12.1 Å². The topological polar surface area (TPSA) is 82.0 Å². The van der Waals surface area contributed by atoms with Crippen LogP contribution in [0.5, 0.6) is 0 Å². The Bertz CT molecular complexity index is 511. The predicted molar refractivity (Wildman–Crippen MR) is 95.7 cm³/mol. The number of unbranched alkanes of at least 4 members (excludes halogenated alkanes) is 3. The molecule has 3 atom stereocenters. The van der Waals surface area contributed by atoms with Crippen LogP contribution in [0, 0.1) is 5.92 Å². The molecule has 2 rings (SSSR count). The van der Waals surface area contributed by atoms with E-state index in [9.17, 15) is 15.0 Å².